The number of carbonyl (C=O) groups is 1. The number of carbonyl (C=O) groups excluding carboxylic acids is 1. The summed E-state index contributed by atoms with van der Waals surface area (Å²) in [5.41, 5.74) is 3.64. The molecule has 110 valence electrons. The third kappa shape index (κ3) is 3.40. The smallest absolute Gasteiger partial charge is 0.332 e. The van der Waals surface area contributed by atoms with E-state index in [9.17, 15) is 9.18 Å². The summed E-state index contributed by atoms with van der Waals surface area (Å²) in [6.45, 7) is 3.96. The first kappa shape index (κ1) is 15.0. The average molecular weight is 287 g/mol. The van der Waals surface area contributed by atoms with Gasteiger partial charge in [-0.05, 0) is 54.8 Å². The van der Waals surface area contributed by atoms with Crippen molar-refractivity contribution in [3.63, 3.8) is 0 Å². The van der Waals surface area contributed by atoms with E-state index in [1.807, 2.05) is 32.0 Å². The Kier molecular flexibility index (Phi) is 4.58. The van der Waals surface area contributed by atoms with Crippen molar-refractivity contribution in [1.82, 2.24) is 0 Å². The topological polar surface area (TPSA) is 38.3 Å². The molecule has 0 aliphatic rings. The summed E-state index contributed by atoms with van der Waals surface area (Å²) in [5.74, 6) is -0.699. The van der Waals surface area contributed by atoms with Crippen LogP contribution in [-0.2, 0) is 9.53 Å². The quantitative estimate of drug-likeness (QED) is 0.870. The number of ether oxygens (including phenoxy) is 1. The molecule has 2 rings (SSSR count). The van der Waals surface area contributed by atoms with Crippen LogP contribution in [0.2, 0.25) is 0 Å². The average Bonchev–Trinajstić information content (AvgIpc) is 2.49. The van der Waals surface area contributed by atoms with Crippen LogP contribution in [0.15, 0.2) is 42.5 Å². The highest BCUT2D eigenvalue weighted by atomic mass is 19.1. The molecule has 1 atom stereocenters. The zero-order valence-corrected chi connectivity index (χ0v) is 12.3. The van der Waals surface area contributed by atoms with E-state index >= 15 is 0 Å². The zero-order valence-electron chi connectivity index (χ0n) is 12.3. The van der Waals surface area contributed by atoms with E-state index in [1.165, 1.54) is 19.2 Å². The van der Waals surface area contributed by atoms with Gasteiger partial charge >= 0.3 is 5.97 Å². The lowest BCUT2D eigenvalue weighted by Gasteiger charge is -2.20. The van der Waals surface area contributed by atoms with Crippen LogP contribution in [0.25, 0.3) is 0 Å². The van der Waals surface area contributed by atoms with E-state index < -0.39 is 6.04 Å². The van der Waals surface area contributed by atoms with Crippen molar-refractivity contribution in [2.24, 2.45) is 0 Å². The molecule has 0 aliphatic carbocycles. The minimum atomic E-state index is -0.625. The molecule has 0 aromatic heterocycles. The van der Waals surface area contributed by atoms with Gasteiger partial charge in [0.15, 0.2) is 6.04 Å². The number of esters is 1. The number of halogens is 1. The highest BCUT2D eigenvalue weighted by Gasteiger charge is 2.23. The Morgan fingerprint density at radius 3 is 2.43 bits per heavy atom. The van der Waals surface area contributed by atoms with Gasteiger partial charge < -0.3 is 10.1 Å². The van der Waals surface area contributed by atoms with Gasteiger partial charge in [0.1, 0.15) is 5.82 Å². The predicted octanol–water partition coefficient (Wildman–Crippen LogP) is 3.77. The van der Waals surface area contributed by atoms with Gasteiger partial charge in [0.2, 0.25) is 0 Å². The Morgan fingerprint density at radius 1 is 1.14 bits per heavy atom. The first-order valence-corrected chi connectivity index (χ1v) is 6.69. The fraction of sp³-hybridized carbons (Fsp3) is 0.235. The van der Waals surface area contributed by atoms with Crippen LogP contribution in [0.1, 0.15) is 22.7 Å². The van der Waals surface area contributed by atoms with Crippen molar-refractivity contribution < 1.29 is 13.9 Å². The number of hydrogen-bond acceptors (Lipinski definition) is 3. The number of hydrogen-bond donors (Lipinski definition) is 1. The first-order chi connectivity index (χ1) is 10.0. The fourth-order valence-electron chi connectivity index (χ4n) is 2.18. The van der Waals surface area contributed by atoms with Crippen molar-refractivity contribution in [3.8, 4) is 0 Å². The second kappa shape index (κ2) is 6.39. The minimum absolute atomic E-state index is 0.318. The molecule has 3 nitrogen and oxygen atoms in total. The lowest BCUT2D eigenvalue weighted by molar-refractivity contribution is -0.141. The molecule has 1 unspecified atom stereocenters. The monoisotopic (exact) mass is 287 g/mol. The number of anilines is 1. The molecular formula is C17H18FNO2. The fourth-order valence-corrected chi connectivity index (χ4v) is 2.18. The van der Waals surface area contributed by atoms with E-state index in [2.05, 4.69) is 5.32 Å². The Hall–Kier alpha value is -2.36. The van der Waals surface area contributed by atoms with E-state index in [4.69, 9.17) is 4.74 Å². The van der Waals surface area contributed by atoms with Gasteiger partial charge in [0, 0.05) is 5.69 Å². The molecule has 1 N–H and O–H groups in total. The standard InChI is InChI=1S/C17H18FNO2/c1-11-5-4-6-15(12(11)2)16(17(20)21-3)19-14-9-7-13(18)8-10-14/h4-10,16,19H,1-3H3. The van der Waals surface area contributed by atoms with Gasteiger partial charge in [-0.25, -0.2) is 9.18 Å². The molecule has 0 saturated carbocycles. The van der Waals surface area contributed by atoms with Gasteiger partial charge in [-0.15, -0.1) is 0 Å². The van der Waals surface area contributed by atoms with E-state index in [0.29, 0.717) is 5.69 Å². The van der Waals surface area contributed by atoms with Crippen LogP contribution in [0.4, 0.5) is 10.1 Å². The zero-order chi connectivity index (χ0) is 15.4. The van der Waals surface area contributed by atoms with Crippen LogP contribution in [0.3, 0.4) is 0 Å². The van der Waals surface area contributed by atoms with E-state index in [1.54, 1.807) is 12.1 Å². The molecule has 2 aromatic carbocycles. The highest BCUT2D eigenvalue weighted by Crippen LogP contribution is 2.25. The molecule has 21 heavy (non-hydrogen) atoms. The Morgan fingerprint density at radius 2 is 1.81 bits per heavy atom. The van der Waals surface area contributed by atoms with Crippen LogP contribution < -0.4 is 5.32 Å². The number of rotatable bonds is 4. The largest absolute Gasteiger partial charge is 0.467 e. The van der Waals surface area contributed by atoms with Gasteiger partial charge in [0.05, 0.1) is 7.11 Å². The maximum Gasteiger partial charge on any atom is 0.332 e. The number of methoxy groups -OCH3 is 1. The SMILES string of the molecule is COC(=O)C(Nc1ccc(F)cc1)c1cccc(C)c1C. The molecule has 0 spiro atoms. The molecule has 0 heterocycles. The first-order valence-electron chi connectivity index (χ1n) is 6.69. The third-order valence-corrected chi connectivity index (χ3v) is 3.55. The normalized spacial score (nSPS) is 11.8. The molecule has 0 aliphatic heterocycles. The van der Waals surface area contributed by atoms with Gasteiger partial charge in [-0.3, -0.25) is 0 Å². The summed E-state index contributed by atoms with van der Waals surface area (Å²) >= 11 is 0. The second-order valence-electron chi connectivity index (χ2n) is 4.90. The summed E-state index contributed by atoms with van der Waals surface area (Å²) < 4.78 is 17.9. The van der Waals surface area contributed by atoms with Crippen LogP contribution in [-0.4, -0.2) is 13.1 Å². The molecule has 0 fully saturated rings. The van der Waals surface area contributed by atoms with E-state index in [0.717, 1.165) is 16.7 Å². The number of aryl methyl sites for hydroxylation is 1. The Bertz CT molecular complexity index is 638. The van der Waals surface area contributed by atoms with E-state index in [-0.39, 0.29) is 11.8 Å². The Balaban J connectivity index is 2.37. The third-order valence-electron chi connectivity index (χ3n) is 3.55. The molecule has 2 aromatic rings. The maximum absolute atomic E-state index is 13.0. The molecule has 0 bridgehead atoms. The summed E-state index contributed by atoms with van der Waals surface area (Å²) in [5, 5.41) is 3.10. The van der Waals surface area contributed by atoms with Crippen LogP contribution in [0, 0.1) is 19.7 Å². The summed E-state index contributed by atoms with van der Waals surface area (Å²) in [7, 11) is 1.35. The minimum Gasteiger partial charge on any atom is -0.467 e. The van der Waals surface area contributed by atoms with Crippen LogP contribution >= 0.6 is 0 Å². The van der Waals surface area contributed by atoms with Crippen LogP contribution in [0.5, 0.6) is 0 Å². The second-order valence-corrected chi connectivity index (χ2v) is 4.90. The maximum atomic E-state index is 13.0. The lowest BCUT2D eigenvalue weighted by atomic mass is 9.97. The van der Waals surface area contributed by atoms with Gasteiger partial charge in [-0.1, -0.05) is 18.2 Å². The lowest BCUT2D eigenvalue weighted by Crippen LogP contribution is -2.23. The van der Waals surface area contributed by atoms with Crippen molar-refractivity contribution in [2.75, 3.05) is 12.4 Å². The molecular weight excluding hydrogens is 269 g/mol. The molecule has 0 saturated heterocycles. The Labute approximate surface area is 123 Å². The van der Waals surface area contributed by atoms with Gasteiger partial charge in [-0.2, -0.15) is 0 Å². The molecule has 4 heteroatoms. The summed E-state index contributed by atoms with van der Waals surface area (Å²) in [6.07, 6.45) is 0. The van der Waals surface area contributed by atoms with Crippen molar-refractivity contribution >= 4 is 11.7 Å². The van der Waals surface area contributed by atoms with Crippen molar-refractivity contribution in [3.05, 3.63) is 65.0 Å². The number of nitrogens with one attached hydrogen (secondary N) is 1. The highest BCUT2D eigenvalue weighted by molar-refractivity contribution is 5.81. The number of benzene rings is 2. The van der Waals surface area contributed by atoms with Crippen molar-refractivity contribution in [1.29, 1.82) is 0 Å². The molecule has 0 radical (unpaired) electrons. The molecule has 0 amide bonds. The predicted molar refractivity (Wildman–Crippen MR) is 80.7 cm³/mol. The summed E-state index contributed by atoms with van der Waals surface area (Å²) in [4.78, 5) is 12.1. The summed E-state index contributed by atoms with van der Waals surface area (Å²) in [6, 6.07) is 11.0. The van der Waals surface area contributed by atoms with Crippen molar-refractivity contribution in [2.45, 2.75) is 19.9 Å². The van der Waals surface area contributed by atoms with Gasteiger partial charge in [0.25, 0.3) is 0 Å².